The van der Waals surface area contributed by atoms with Crippen molar-refractivity contribution in [3.8, 4) is 0 Å². The quantitative estimate of drug-likeness (QED) is 0.877. The number of aromatic amines is 1. The Morgan fingerprint density at radius 2 is 1.92 bits per heavy atom. The predicted octanol–water partition coefficient (Wildman–Crippen LogP) is 1.57. The second-order valence-corrected chi connectivity index (χ2v) is 7.88. The number of hydrogen-bond donors (Lipinski definition) is 2. The van der Waals surface area contributed by atoms with Gasteiger partial charge in [0, 0.05) is 31.4 Å². The molecule has 0 aromatic carbocycles. The molecule has 1 aromatic rings. The first-order valence-electron chi connectivity index (χ1n) is 9.16. The van der Waals surface area contributed by atoms with Crippen molar-refractivity contribution in [2.24, 2.45) is 0 Å². The second kappa shape index (κ2) is 6.84. The third-order valence-corrected chi connectivity index (χ3v) is 5.73. The van der Waals surface area contributed by atoms with Crippen LogP contribution in [0.4, 0.5) is 0 Å². The van der Waals surface area contributed by atoms with E-state index in [0.29, 0.717) is 32.4 Å². The summed E-state index contributed by atoms with van der Waals surface area (Å²) in [6.45, 7) is 7.37. The minimum absolute atomic E-state index is 0.202. The Bertz CT molecular complexity index is 541. The van der Waals surface area contributed by atoms with E-state index in [-0.39, 0.29) is 5.91 Å². The normalized spacial score (nSPS) is 22.5. The lowest BCUT2D eigenvalue weighted by molar-refractivity contribution is -0.147. The molecule has 2 aliphatic heterocycles. The van der Waals surface area contributed by atoms with Crippen molar-refractivity contribution >= 4 is 5.91 Å². The van der Waals surface area contributed by atoms with Gasteiger partial charge < -0.3 is 10.0 Å². The fourth-order valence-electron chi connectivity index (χ4n) is 4.02. The summed E-state index contributed by atoms with van der Waals surface area (Å²) in [6.07, 6.45) is 7.15. The average molecular weight is 334 g/mol. The van der Waals surface area contributed by atoms with E-state index in [4.69, 9.17) is 0 Å². The molecule has 2 N–H and O–H groups in total. The largest absolute Gasteiger partial charge is 0.389 e. The van der Waals surface area contributed by atoms with Crippen molar-refractivity contribution < 1.29 is 9.90 Å². The van der Waals surface area contributed by atoms with E-state index in [9.17, 15) is 9.90 Å². The molecule has 2 saturated heterocycles. The van der Waals surface area contributed by atoms with E-state index in [1.165, 1.54) is 19.3 Å². The second-order valence-electron chi connectivity index (χ2n) is 7.88. The highest BCUT2D eigenvalue weighted by molar-refractivity contribution is 5.85. The molecule has 0 atom stereocenters. The summed E-state index contributed by atoms with van der Waals surface area (Å²) in [5.41, 5.74) is -0.233. The molecule has 2 aliphatic rings. The number of aliphatic hydroxyl groups is 1. The van der Waals surface area contributed by atoms with E-state index >= 15 is 0 Å². The standard InChI is InChI=1S/C18H30N4O2/c1-17(2,22-10-4-3-5-11-22)16(23)21-12-7-18(24,8-13-21)14-15-6-9-19-20-15/h6,9,24H,3-5,7-8,10-14H2,1-2H3,(H,19,20). The number of rotatable bonds is 4. The lowest BCUT2D eigenvalue weighted by Gasteiger charge is -2.45. The predicted molar refractivity (Wildman–Crippen MR) is 92.6 cm³/mol. The first kappa shape index (κ1) is 17.4. The Labute approximate surface area is 144 Å². The van der Waals surface area contributed by atoms with E-state index in [2.05, 4.69) is 15.1 Å². The van der Waals surface area contributed by atoms with Crippen LogP contribution in [0.2, 0.25) is 0 Å². The highest BCUT2D eigenvalue weighted by Crippen LogP contribution is 2.29. The van der Waals surface area contributed by atoms with Crippen LogP contribution >= 0.6 is 0 Å². The van der Waals surface area contributed by atoms with Crippen molar-refractivity contribution in [3.63, 3.8) is 0 Å². The number of carbonyl (C=O) groups excluding carboxylic acids is 1. The minimum atomic E-state index is -0.738. The van der Waals surface area contributed by atoms with Gasteiger partial charge in [0.15, 0.2) is 0 Å². The number of carbonyl (C=O) groups is 1. The van der Waals surface area contributed by atoms with E-state index in [1.54, 1.807) is 6.20 Å². The van der Waals surface area contributed by atoms with Crippen molar-refractivity contribution in [1.29, 1.82) is 0 Å². The summed E-state index contributed by atoms with van der Waals surface area (Å²) in [4.78, 5) is 17.3. The zero-order chi connectivity index (χ0) is 17.2. The van der Waals surface area contributed by atoms with Gasteiger partial charge in [-0.1, -0.05) is 6.42 Å². The Morgan fingerprint density at radius 3 is 2.50 bits per heavy atom. The molecule has 2 fully saturated rings. The van der Waals surface area contributed by atoms with Crippen LogP contribution in [0.1, 0.15) is 51.6 Å². The number of aromatic nitrogens is 2. The maximum Gasteiger partial charge on any atom is 0.242 e. The molecule has 0 spiro atoms. The third-order valence-electron chi connectivity index (χ3n) is 5.73. The van der Waals surface area contributed by atoms with Crippen molar-refractivity contribution in [2.75, 3.05) is 26.2 Å². The van der Waals surface area contributed by atoms with Crippen LogP contribution in [0.3, 0.4) is 0 Å². The number of amides is 1. The SMILES string of the molecule is CC(C)(C(=O)N1CCC(O)(Cc2ccn[nH]2)CC1)N1CCCCC1. The van der Waals surface area contributed by atoms with Gasteiger partial charge in [-0.3, -0.25) is 14.8 Å². The molecule has 1 aromatic heterocycles. The van der Waals surface area contributed by atoms with Crippen molar-refractivity contribution in [1.82, 2.24) is 20.0 Å². The first-order chi connectivity index (χ1) is 11.4. The Morgan fingerprint density at radius 1 is 1.25 bits per heavy atom. The van der Waals surface area contributed by atoms with Crippen molar-refractivity contribution in [2.45, 2.75) is 63.5 Å². The highest BCUT2D eigenvalue weighted by Gasteiger charge is 2.41. The number of likely N-dealkylation sites (tertiary alicyclic amines) is 2. The Balaban J connectivity index is 1.58. The fourth-order valence-corrected chi connectivity index (χ4v) is 4.02. The average Bonchev–Trinajstić information content (AvgIpc) is 3.08. The van der Waals surface area contributed by atoms with Crippen LogP contribution in [-0.2, 0) is 11.2 Å². The first-order valence-corrected chi connectivity index (χ1v) is 9.16. The maximum absolute atomic E-state index is 13.0. The summed E-state index contributed by atoms with van der Waals surface area (Å²) < 4.78 is 0. The Kier molecular flexibility index (Phi) is 4.97. The molecule has 0 unspecified atom stereocenters. The Hall–Kier alpha value is -1.40. The molecule has 0 radical (unpaired) electrons. The van der Waals surface area contributed by atoms with Gasteiger partial charge in [0.1, 0.15) is 0 Å². The lowest BCUT2D eigenvalue weighted by Crippen LogP contribution is -2.59. The number of nitrogens with zero attached hydrogens (tertiary/aromatic N) is 3. The highest BCUT2D eigenvalue weighted by atomic mass is 16.3. The fraction of sp³-hybridized carbons (Fsp3) is 0.778. The van der Waals surface area contributed by atoms with Gasteiger partial charge in [0.05, 0.1) is 11.1 Å². The molecule has 0 bridgehead atoms. The molecule has 6 nitrogen and oxygen atoms in total. The lowest BCUT2D eigenvalue weighted by atomic mass is 9.86. The third kappa shape index (κ3) is 3.64. The molecule has 0 saturated carbocycles. The number of piperidine rings is 2. The van der Waals surface area contributed by atoms with E-state index < -0.39 is 11.1 Å². The van der Waals surface area contributed by atoms with Crippen LogP contribution in [-0.4, -0.2) is 68.3 Å². The summed E-state index contributed by atoms with van der Waals surface area (Å²) in [5, 5.41) is 17.7. The molecule has 3 rings (SSSR count). The van der Waals surface area contributed by atoms with Gasteiger partial charge in [-0.05, 0) is 58.7 Å². The molecule has 1 amide bonds. The van der Waals surface area contributed by atoms with Gasteiger partial charge in [0.25, 0.3) is 0 Å². The summed E-state index contributed by atoms with van der Waals surface area (Å²) in [7, 11) is 0. The molecule has 3 heterocycles. The summed E-state index contributed by atoms with van der Waals surface area (Å²) >= 11 is 0. The summed E-state index contributed by atoms with van der Waals surface area (Å²) in [5.74, 6) is 0.202. The van der Waals surface area contributed by atoms with Gasteiger partial charge in [-0.25, -0.2) is 0 Å². The van der Waals surface area contributed by atoms with Gasteiger partial charge in [-0.2, -0.15) is 5.10 Å². The molecular formula is C18H30N4O2. The molecule has 6 heteroatoms. The van der Waals surface area contributed by atoms with E-state index in [1.807, 2.05) is 24.8 Å². The zero-order valence-electron chi connectivity index (χ0n) is 14.9. The number of H-pyrrole nitrogens is 1. The van der Waals surface area contributed by atoms with Gasteiger partial charge in [0.2, 0.25) is 5.91 Å². The molecule has 0 aliphatic carbocycles. The number of hydrogen-bond acceptors (Lipinski definition) is 4. The van der Waals surface area contributed by atoms with E-state index in [0.717, 1.165) is 18.8 Å². The van der Waals surface area contributed by atoms with Crippen LogP contribution < -0.4 is 0 Å². The van der Waals surface area contributed by atoms with Crippen LogP contribution in [0.25, 0.3) is 0 Å². The van der Waals surface area contributed by atoms with Gasteiger partial charge >= 0.3 is 0 Å². The van der Waals surface area contributed by atoms with Crippen LogP contribution in [0, 0.1) is 0 Å². The minimum Gasteiger partial charge on any atom is -0.389 e. The smallest absolute Gasteiger partial charge is 0.242 e. The summed E-state index contributed by atoms with van der Waals surface area (Å²) in [6, 6.07) is 1.90. The van der Waals surface area contributed by atoms with Crippen LogP contribution in [0.5, 0.6) is 0 Å². The topological polar surface area (TPSA) is 72.5 Å². The van der Waals surface area contributed by atoms with Crippen LogP contribution in [0.15, 0.2) is 12.3 Å². The molecule has 24 heavy (non-hydrogen) atoms. The molecule has 134 valence electrons. The number of nitrogens with one attached hydrogen (secondary N) is 1. The maximum atomic E-state index is 13.0. The molecular weight excluding hydrogens is 304 g/mol. The van der Waals surface area contributed by atoms with Gasteiger partial charge in [-0.15, -0.1) is 0 Å². The van der Waals surface area contributed by atoms with Crippen molar-refractivity contribution in [3.05, 3.63) is 18.0 Å². The monoisotopic (exact) mass is 334 g/mol. The zero-order valence-corrected chi connectivity index (χ0v) is 14.9.